The van der Waals surface area contributed by atoms with E-state index < -0.39 is 11.7 Å². The van der Waals surface area contributed by atoms with Gasteiger partial charge in [-0.3, -0.25) is 0 Å². The number of alkyl halides is 3. The summed E-state index contributed by atoms with van der Waals surface area (Å²) in [5.41, 5.74) is 0.446. The van der Waals surface area contributed by atoms with Crippen LogP contribution in [-0.2, 0) is 6.18 Å². The van der Waals surface area contributed by atoms with Crippen LogP contribution in [0.1, 0.15) is 30.5 Å². The molecule has 3 rings (SSSR count). The van der Waals surface area contributed by atoms with Crippen LogP contribution < -0.4 is 10.2 Å². The number of aromatic nitrogens is 2. The van der Waals surface area contributed by atoms with E-state index >= 15 is 0 Å². The second kappa shape index (κ2) is 6.67. The Labute approximate surface area is 138 Å². The van der Waals surface area contributed by atoms with Crippen molar-refractivity contribution in [3.63, 3.8) is 0 Å². The maximum absolute atomic E-state index is 12.8. The van der Waals surface area contributed by atoms with Crippen molar-refractivity contribution in [2.75, 3.05) is 23.3 Å². The molecule has 1 saturated heterocycles. The molecule has 0 radical (unpaired) electrons. The lowest BCUT2D eigenvalue weighted by Crippen LogP contribution is -2.31. The van der Waals surface area contributed by atoms with Gasteiger partial charge in [-0.05, 0) is 44.4 Å². The van der Waals surface area contributed by atoms with E-state index in [1.807, 2.05) is 6.92 Å². The molecule has 0 bridgehead atoms. The summed E-state index contributed by atoms with van der Waals surface area (Å²) < 4.78 is 38.5. The van der Waals surface area contributed by atoms with Crippen molar-refractivity contribution in [3.8, 4) is 0 Å². The number of anilines is 3. The Morgan fingerprint density at radius 1 is 1.04 bits per heavy atom. The number of hydrogen-bond acceptors (Lipinski definition) is 4. The average molecular weight is 336 g/mol. The Kier molecular flexibility index (Phi) is 4.59. The van der Waals surface area contributed by atoms with Gasteiger partial charge in [0.25, 0.3) is 0 Å². The lowest BCUT2D eigenvalue weighted by Gasteiger charge is -2.27. The summed E-state index contributed by atoms with van der Waals surface area (Å²) in [4.78, 5) is 11.0. The second-order valence-electron chi connectivity index (χ2n) is 5.95. The normalized spacial score (nSPS) is 15.4. The third kappa shape index (κ3) is 3.96. The zero-order chi connectivity index (χ0) is 17.2. The van der Waals surface area contributed by atoms with Crippen LogP contribution in [0.25, 0.3) is 0 Å². The summed E-state index contributed by atoms with van der Waals surface area (Å²) in [6, 6.07) is 6.83. The van der Waals surface area contributed by atoms with Crippen LogP contribution >= 0.6 is 0 Å². The van der Waals surface area contributed by atoms with Crippen molar-refractivity contribution in [2.45, 2.75) is 32.4 Å². The molecule has 0 spiro atoms. The summed E-state index contributed by atoms with van der Waals surface area (Å²) in [6.45, 7) is 3.67. The molecule has 7 heteroatoms. The predicted octanol–water partition coefficient (Wildman–Crippen LogP) is 4.54. The smallest absolute Gasteiger partial charge is 0.341 e. The molecule has 2 aromatic rings. The Morgan fingerprint density at radius 2 is 1.79 bits per heavy atom. The molecule has 1 aromatic carbocycles. The van der Waals surface area contributed by atoms with E-state index in [4.69, 9.17) is 0 Å². The molecule has 1 fully saturated rings. The van der Waals surface area contributed by atoms with E-state index in [0.29, 0.717) is 17.5 Å². The van der Waals surface area contributed by atoms with Crippen LogP contribution in [0, 0.1) is 6.92 Å². The number of nitrogens with zero attached hydrogens (tertiary/aromatic N) is 3. The van der Waals surface area contributed by atoms with Crippen LogP contribution in [-0.4, -0.2) is 23.1 Å². The molecule has 0 aliphatic carbocycles. The predicted molar refractivity (Wildman–Crippen MR) is 87.6 cm³/mol. The van der Waals surface area contributed by atoms with Crippen LogP contribution in [0.4, 0.5) is 30.6 Å². The third-order valence-electron chi connectivity index (χ3n) is 3.94. The molecule has 24 heavy (non-hydrogen) atoms. The fourth-order valence-electron chi connectivity index (χ4n) is 2.77. The van der Waals surface area contributed by atoms with Gasteiger partial charge in [-0.15, -0.1) is 0 Å². The average Bonchev–Trinajstić information content (AvgIpc) is 2.54. The van der Waals surface area contributed by atoms with E-state index in [-0.39, 0.29) is 0 Å². The van der Waals surface area contributed by atoms with Gasteiger partial charge in [0.15, 0.2) is 0 Å². The largest absolute Gasteiger partial charge is 0.416 e. The zero-order valence-corrected chi connectivity index (χ0v) is 13.4. The van der Waals surface area contributed by atoms with Crippen LogP contribution in [0.5, 0.6) is 0 Å². The number of nitrogens with one attached hydrogen (secondary N) is 1. The first-order valence-electron chi connectivity index (χ1n) is 7.97. The maximum Gasteiger partial charge on any atom is 0.416 e. The Morgan fingerprint density at radius 3 is 2.50 bits per heavy atom. The van der Waals surface area contributed by atoms with E-state index in [0.717, 1.165) is 43.8 Å². The van der Waals surface area contributed by atoms with E-state index in [1.165, 1.54) is 12.5 Å². The highest BCUT2D eigenvalue weighted by atomic mass is 19.4. The summed E-state index contributed by atoms with van der Waals surface area (Å²) in [6.07, 6.45) is -0.947. The molecule has 0 atom stereocenters. The Balaban J connectivity index is 1.83. The van der Waals surface area contributed by atoms with Gasteiger partial charge in [0.05, 0.1) is 5.56 Å². The van der Waals surface area contributed by atoms with E-state index in [2.05, 4.69) is 20.2 Å². The quantitative estimate of drug-likeness (QED) is 0.893. The second-order valence-corrected chi connectivity index (χ2v) is 5.95. The summed E-state index contributed by atoms with van der Waals surface area (Å²) in [7, 11) is 0. The van der Waals surface area contributed by atoms with Crippen molar-refractivity contribution < 1.29 is 13.2 Å². The van der Waals surface area contributed by atoms with Crippen molar-refractivity contribution in [3.05, 3.63) is 41.6 Å². The minimum Gasteiger partial charge on any atom is -0.341 e. The lowest BCUT2D eigenvalue weighted by molar-refractivity contribution is -0.137. The van der Waals surface area contributed by atoms with Crippen molar-refractivity contribution in [1.29, 1.82) is 0 Å². The highest BCUT2D eigenvalue weighted by Gasteiger charge is 2.30. The number of halogens is 3. The van der Waals surface area contributed by atoms with Crippen LogP contribution in [0.15, 0.2) is 30.3 Å². The van der Waals surface area contributed by atoms with Crippen molar-refractivity contribution in [1.82, 2.24) is 9.97 Å². The van der Waals surface area contributed by atoms with Gasteiger partial charge in [-0.25, -0.2) is 4.98 Å². The number of rotatable bonds is 3. The Hall–Kier alpha value is -2.31. The molecular weight excluding hydrogens is 317 g/mol. The van der Waals surface area contributed by atoms with Crippen molar-refractivity contribution in [2.24, 2.45) is 0 Å². The zero-order valence-electron chi connectivity index (χ0n) is 13.4. The van der Waals surface area contributed by atoms with Crippen LogP contribution in [0.3, 0.4) is 0 Å². The third-order valence-corrected chi connectivity index (χ3v) is 3.94. The summed E-state index contributed by atoms with van der Waals surface area (Å²) in [5.74, 6) is 1.13. The molecule has 128 valence electrons. The molecule has 2 heterocycles. The first-order chi connectivity index (χ1) is 11.4. The Bertz CT molecular complexity index is 709. The fourth-order valence-corrected chi connectivity index (χ4v) is 2.77. The lowest BCUT2D eigenvalue weighted by atomic mass is 10.1. The van der Waals surface area contributed by atoms with Gasteiger partial charge in [0.2, 0.25) is 5.95 Å². The van der Waals surface area contributed by atoms with Crippen molar-refractivity contribution >= 4 is 17.5 Å². The molecule has 0 saturated carbocycles. The molecular formula is C17H19F3N4. The fraction of sp³-hybridized carbons (Fsp3) is 0.412. The number of hydrogen-bond donors (Lipinski definition) is 1. The number of aryl methyl sites for hydroxylation is 1. The monoisotopic (exact) mass is 336 g/mol. The molecule has 4 nitrogen and oxygen atoms in total. The number of piperidine rings is 1. The van der Waals surface area contributed by atoms with Gasteiger partial charge >= 0.3 is 6.18 Å². The minimum absolute atomic E-state index is 0.354. The standard InChI is InChI=1S/C17H19F3N4/c1-12-10-15(23-16(21-12)24-8-3-2-4-9-24)22-14-7-5-6-13(11-14)17(18,19)20/h5-7,10-11H,2-4,8-9H2,1H3,(H,21,22,23). The molecule has 1 aliphatic rings. The van der Waals surface area contributed by atoms with E-state index in [9.17, 15) is 13.2 Å². The molecule has 0 amide bonds. The summed E-state index contributed by atoms with van der Waals surface area (Å²) in [5, 5.41) is 2.96. The number of benzene rings is 1. The SMILES string of the molecule is Cc1cc(Nc2cccc(C(F)(F)F)c2)nc(N2CCCCC2)n1. The summed E-state index contributed by atoms with van der Waals surface area (Å²) >= 11 is 0. The molecule has 1 aliphatic heterocycles. The molecule has 1 N–H and O–H groups in total. The first-order valence-corrected chi connectivity index (χ1v) is 7.97. The maximum atomic E-state index is 12.8. The minimum atomic E-state index is -4.36. The van der Waals surface area contributed by atoms with Gasteiger partial charge in [0, 0.05) is 30.5 Å². The highest BCUT2D eigenvalue weighted by Crippen LogP contribution is 2.31. The highest BCUT2D eigenvalue weighted by molar-refractivity contribution is 5.59. The molecule has 1 aromatic heterocycles. The first kappa shape index (κ1) is 16.5. The van der Waals surface area contributed by atoms with Gasteiger partial charge < -0.3 is 10.2 Å². The van der Waals surface area contributed by atoms with Crippen LogP contribution in [0.2, 0.25) is 0 Å². The van der Waals surface area contributed by atoms with Gasteiger partial charge in [-0.1, -0.05) is 6.07 Å². The van der Waals surface area contributed by atoms with Gasteiger partial charge in [-0.2, -0.15) is 18.2 Å². The topological polar surface area (TPSA) is 41.1 Å². The van der Waals surface area contributed by atoms with Gasteiger partial charge in [0.1, 0.15) is 5.82 Å². The van der Waals surface area contributed by atoms with E-state index in [1.54, 1.807) is 12.1 Å². The molecule has 0 unspecified atom stereocenters.